The fourth-order valence-electron chi connectivity index (χ4n) is 2.64. The summed E-state index contributed by atoms with van der Waals surface area (Å²) in [5.74, 6) is 0.0179. The van der Waals surface area contributed by atoms with Gasteiger partial charge in [0.25, 0.3) is 5.56 Å². The first kappa shape index (κ1) is 18.4. The Kier molecular flexibility index (Phi) is 5.00. The van der Waals surface area contributed by atoms with Crippen LogP contribution < -0.4 is 5.56 Å². The lowest BCUT2D eigenvalue weighted by Crippen LogP contribution is -2.36. The van der Waals surface area contributed by atoms with Crippen LogP contribution in [0.4, 0.5) is 0 Å². The van der Waals surface area contributed by atoms with E-state index in [1.807, 2.05) is 34.6 Å². The number of halogens is 1. The number of carbonyl (C=O) groups excluding carboxylic acids is 1. The number of Topliss-reactive ketones (excluding diaryl/α,β-unsaturated/α-hetero) is 1. The second-order valence-electron chi connectivity index (χ2n) is 7.26. The van der Waals surface area contributed by atoms with E-state index >= 15 is 0 Å². The van der Waals surface area contributed by atoms with E-state index in [2.05, 4.69) is 5.10 Å². The minimum atomic E-state index is -0.420. The van der Waals surface area contributed by atoms with Crippen molar-refractivity contribution in [2.75, 3.05) is 0 Å². The Balaban J connectivity index is 2.86. The summed E-state index contributed by atoms with van der Waals surface area (Å²) in [5.41, 5.74) is 2.02. The van der Waals surface area contributed by atoms with Crippen LogP contribution in [0.3, 0.4) is 0 Å². The molecule has 0 unspecified atom stereocenters. The van der Waals surface area contributed by atoms with Crippen LogP contribution in [0.25, 0.3) is 11.1 Å². The average Bonchev–Trinajstić information content (AvgIpc) is 2.44. The summed E-state index contributed by atoms with van der Waals surface area (Å²) in [6.07, 6.45) is 0. The number of rotatable bonds is 3. The zero-order chi connectivity index (χ0) is 18.2. The van der Waals surface area contributed by atoms with Crippen LogP contribution in [0.2, 0.25) is 5.02 Å². The van der Waals surface area contributed by atoms with Gasteiger partial charge < -0.3 is 0 Å². The summed E-state index contributed by atoms with van der Waals surface area (Å²) >= 11 is 6.13. The third-order valence-electron chi connectivity index (χ3n) is 3.79. The van der Waals surface area contributed by atoms with Crippen molar-refractivity contribution in [2.45, 2.75) is 53.0 Å². The number of ketones is 1. The van der Waals surface area contributed by atoms with E-state index in [0.29, 0.717) is 21.7 Å². The number of hydrogen-bond acceptors (Lipinski definition) is 3. The standard InChI is InChI=1S/C19H23ClN2O2/c1-11(2)18-16(10-17(24)22(21-18)19(4,5)6)15-9-13(20)7-8-14(15)12(3)23/h7-11H,1-6H3. The lowest BCUT2D eigenvalue weighted by Gasteiger charge is -2.24. The molecule has 1 aromatic carbocycles. The molecule has 24 heavy (non-hydrogen) atoms. The van der Waals surface area contributed by atoms with Gasteiger partial charge in [0.05, 0.1) is 11.2 Å². The smallest absolute Gasteiger partial charge is 0.267 e. The van der Waals surface area contributed by atoms with E-state index in [0.717, 1.165) is 5.69 Å². The van der Waals surface area contributed by atoms with E-state index in [1.165, 1.54) is 11.6 Å². The van der Waals surface area contributed by atoms with Crippen molar-refractivity contribution in [1.82, 2.24) is 9.78 Å². The molecule has 0 bridgehead atoms. The third-order valence-corrected chi connectivity index (χ3v) is 4.03. The first-order valence-electron chi connectivity index (χ1n) is 7.98. The normalized spacial score (nSPS) is 11.8. The van der Waals surface area contributed by atoms with Gasteiger partial charge in [0.1, 0.15) is 0 Å². The molecular weight excluding hydrogens is 324 g/mol. The van der Waals surface area contributed by atoms with Gasteiger partial charge in [-0.3, -0.25) is 9.59 Å². The second kappa shape index (κ2) is 6.52. The maximum Gasteiger partial charge on any atom is 0.267 e. The van der Waals surface area contributed by atoms with Crippen molar-refractivity contribution in [1.29, 1.82) is 0 Å². The van der Waals surface area contributed by atoms with Gasteiger partial charge in [0, 0.05) is 22.2 Å². The van der Waals surface area contributed by atoms with Gasteiger partial charge in [0.2, 0.25) is 0 Å². The predicted molar refractivity (Wildman–Crippen MR) is 98.0 cm³/mol. The lowest BCUT2D eigenvalue weighted by molar-refractivity contribution is 0.101. The highest BCUT2D eigenvalue weighted by atomic mass is 35.5. The third kappa shape index (κ3) is 3.59. The highest BCUT2D eigenvalue weighted by Crippen LogP contribution is 2.32. The van der Waals surface area contributed by atoms with Gasteiger partial charge in [-0.1, -0.05) is 25.4 Å². The molecule has 128 valence electrons. The summed E-state index contributed by atoms with van der Waals surface area (Å²) in [6, 6.07) is 6.66. The van der Waals surface area contributed by atoms with Gasteiger partial charge in [0.15, 0.2) is 5.78 Å². The molecule has 4 nitrogen and oxygen atoms in total. The summed E-state index contributed by atoms with van der Waals surface area (Å²) in [7, 11) is 0. The van der Waals surface area contributed by atoms with Gasteiger partial charge in [-0.2, -0.15) is 5.10 Å². The largest absolute Gasteiger partial charge is 0.294 e. The molecule has 0 saturated heterocycles. The molecule has 2 rings (SSSR count). The van der Waals surface area contributed by atoms with Crippen LogP contribution in [0.1, 0.15) is 63.5 Å². The SMILES string of the molecule is CC(=O)c1ccc(Cl)cc1-c1cc(=O)n(C(C)(C)C)nc1C(C)C. The fourth-order valence-corrected chi connectivity index (χ4v) is 2.81. The Hall–Kier alpha value is -1.94. The summed E-state index contributed by atoms with van der Waals surface area (Å²) in [5, 5.41) is 5.12. The Labute approximate surface area is 147 Å². The van der Waals surface area contributed by atoms with Gasteiger partial charge in [-0.25, -0.2) is 4.68 Å². The van der Waals surface area contributed by atoms with Crippen molar-refractivity contribution in [2.24, 2.45) is 0 Å². The molecule has 1 heterocycles. The maximum atomic E-state index is 12.6. The monoisotopic (exact) mass is 346 g/mol. The molecule has 0 amide bonds. The van der Waals surface area contributed by atoms with Crippen LogP contribution in [-0.2, 0) is 5.54 Å². The Bertz CT molecular complexity index is 845. The van der Waals surface area contributed by atoms with Gasteiger partial charge in [-0.05, 0) is 57.4 Å². The molecule has 0 aliphatic carbocycles. The van der Waals surface area contributed by atoms with E-state index in [-0.39, 0.29) is 17.3 Å². The quantitative estimate of drug-likeness (QED) is 0.760. The van der Waals surface area contributed by atoms with Crippen molar-refractivity contribution >= 4 is 17.4 Å². The van der Waals surface area contributed by atoms with Gasteiger partial charge in [-0.15, -0.1) is 0 Å². The Morgan fingerprint density at radius 1 is 1.17 bits per heavy atom. The first-order valence-corrected chi connectivity index (χ1v) is 8.35. The highest BCUT2D eigenvalue weighted by molar-refractivity contribution is 6.31. The van der Waals surface area contributed by atoms with E-state index in [1.54, 1.807) is 24.3 Å². The molecule has 0 aliphatic heterocycles. The molecule has 0 spiro atoms. The summed E-state index contributed by atoms with van der Waals surface area (Å²) in [6.45, 7) is 11.3. The highest BCUT2D eigenvalue weighted by Gasteiger charge is 2.22. The predicted octanol–water partition coefficient (Wildman–Crippen LogP) is 4.64. The maximum absolute atomic E-state index is 12.6. The molecule has 0 saturated carbocycles. The van der Waals surface area contributed by atoms with Crippen molar-refractivity contribution < 1.29 is 4.79 Å². The Morgan fingerprint density at radius 2 is 1.79 bits per heavy atom. The molecule has 0 atom stereocenters. The van der Waals surface area contributed by atoms with Crippen LogP contribution in [-0.4, -0.2) is 15.6 Å². The topological polar surface area (TPSA) is 52.0 Å². The molecule has 2 aromatic rings. The molecule has 0 radical (unpaired) electrons. The van der Waals surface area contributed by atoms with Crippen LogP contribution in [0.5, 0.6) is 0 Å². The molecular formula is C19H23ClN2O2. The minimum absolute atomic E-state index is 0.0728. The minimum Gasteiger partial charge on any atom is -0.294 e. The summed E-state index contributed by atoms with van der Waals surface area (Å²) < 4.78 is 1.49. The second-order valence-corrected chi connectivity index (χ2v) is 7.70. The van der Waals surface area contributed by atoms with Crippen molar-refractivity contribution in [3.05, 3.63) is 50.9 Å². The van der Waals surface area contributed by atoms with E-state index < -0.39 is 5.54 Å². The lowest BCUT2D eigenvalue weighted by atomic mass is 9.93. The first-order chi connectivity index (χ1) is 11.0. The zero-order valence-electron chi connectivity index (χ0n) is 15.0. The van der Waals surface area contributed by atoms with Crippen molar-refractivity contribution in [3.63, 3.8) is 0 Å². The fraction of sp³-hybridized carbons (Fsp3) is 0.421. The number of aromatic nitrogens is 2. The molecule has 0 N–H and O–H groups in total. The van der Waals surface area contributed by atoms with E-state index in [9.17, 15) is 9.59 Å². The van der Waals surface area contributed by atoms with Crippen molar-refractivity contribution in [3.8, 4) is 11.1 Å². The molecule has 1 aromatic heterocycles. The van der Waals surface area contributed by atoms with E-state index in [4.69, 9.17) is 11.6 Å². The Morgan fingerprint density at radius 3 is 2.29 bits per heavy atom. The molecule has 0 aliphatic rings. The molecule has 0 fully saturated rings. The zero-order valence-corrected chi connectivity index (χ0v) is 15.7. The number of nitrogens with zero attached hydrogens (tertiary/aromatic N) is 2. The molecule has 5 heteroatoms. The number of benzene rings is 1. The number of hydrogen-bond donors (Lipinski definition) is 0. The summed E-state index contributed by atoms with van der Waals surface area (Å²) in [4.78, 5) is 24.6. The average molecular weight is 347 g/mol. The van der Waals surface area contributed by atoms with Crippen LogP contribution in [0.15, 0.2) is 29.1 Å². The van der Waals surface area contributed by atoms with Crippen LogP contribution >= 0.6 is 11.6 Å². The number of carbonyl (C=O) groups is 1. The van der Waals surface area contributed by atoms with Gasteiger partial charge >= 0.3 is 0 Å². The van der Waals surface area contributed by atoms with Crippen LogP contribution in [0, 0.1) is 0 Å².